The molecule has 0 heterocycles. The summed E-state index contributed by atoms with van der Waals surface area (Å²) >= 11 is 0. The van der Waals surface area contributed by atoms with Crippen LogP contribution >= 0.6 is 0 Å². The van der Waals surface area contributed by atoms with Gasteiger partial charge in [-0.15, -0.1) is 0 Å². The first-order chi connectivity index (χ1) is 7.97. The summed E-state index contributed by atoms with van der Waals surface area (Å²) in [6, 6.07) is 4.57. The van der Waals surface area contributed by atoms with Crippen LogP contribution in [0.1, 0.15) is 29.8 Å². The van der Waals surface area contributed by atoms with Crippen molar-refractivity contribution in [1.82, 2.24) is 0 Å². The second-order valence-corrected chi connectivity index (χ2v) is 3.77. The Kier molecular flexibility index (Phi) is 3.98. The molecule has 0 aliphatic rings. The van der Waals surface area contributed by atoms with E-state index < -0.39 is 6.04 Å². The van der Waals surface area contributed by atoms with Gasteiger partial charge in [0.15, 0.2) is 5.78 Å². The van der Waals surface area contributed by atoms with Crippen molar-refractivity contribution in [3.63, 3.8) is 0 Å². The number of amidine groups is 1. The smallest absolute Gasteiger partial charge is 0.162 e. The van der Waals surface area contributed by atoms with Gasteiger partial charge in [-0.1, -0.05) is 12.1 Å². The van der Waals surface area contributed by atoms with E-state index in [0.717, 1.165) is 6.29 Å². The zero-order valence-corrected chi connectivity index (χ0v) is 9.78. The Bertz CT molecular complexity index is 469. The second kappa shape index (κ2) is 5.25. The van der Waals surface area contributed by atoms with Crippen LogP contribution in [-0.4, -0.2) is 23.9 Å². The van der Waals surface area contributed by atoms with Crippen LogP contribution in [0, 0.1) is 5.41 Å². The van der Waals surface area contributed by atoms with Gasteiger partial charge in [-0.25, -0.2) is 0 Å². The Labute approximate surface area is 99.5 Å². The van der Waals surface area contributed by atoms with Crippen LogP contribution in [0.4, 0.5) is 5.69 Å². The fraction of sp³-hybridized carbons (Fsp3) is 0.250. The summed E-state index contributed by atoms with van der Waals surface area (Å²) in [5.74, 6) is -0.367. The fourth-order valence-corrected chi connectivity index (χ4v) is 1.56. The first-order valence-corrected chi connectivity index (χ1v) is 5.17. The zero-order chi connectivity index (χ0) is 13.0. The first kappa shape index (κ1) is 12.9. The number of hydrogen-bond acceptors (Lipinski definition) is 4. The van der Waals surface area contributed by atoms with Crippen LogP contribution in [0.5, 0.6) is 0 Å². The SMILES string of the molecule is CC(=O)c1c(N[C@@H](C)C=O)cccc1C(=N)N. The summed E-state index contributed by atoms with van der Waals surface area (Å²) in [4.78, 5) is 22.2. The molecule has 0 radical (unpaired) electrons. The molecule has 5 nitrogen and oxygen atoms in total. The quantitative estimate of drug-likeness (QED) is 0.308. The molecule has 0 unspecified atom stereocenters. The van der Waals surface area contributed by atoms with Gasteiger partial charge in [0.2, 0.25) is 0 Å². The summed E-state index contributed by atoms with van der Waals surface area (Å²) in [5, 5.41) is 10.3. The Morgan fingerprint density at radius 1 is 1.53 bits per heavy atom. The molecule has 5 heteroatoms. The lowest BCUT2D eigenvalue weighted by Crippen LogP contribution is -2.21. The first-order valence-electron chi connectivity index (χ1n) is 5.17. The number of nitrogens with two attached hydrogens (primary N) is 1. The molecule has 17 heavy (non-hydrogen) atoms. The largest absolute Gasteiger partial charge is 0.384 e. The van der Waals surface area contributed by atoms with Crippen LogP contribution in [0.25, 0.3) is 0 Å². The second-order valence-electron chi connectivity index (χ2n) is 3.77. The maximum atomic E-state index is 11.6. The van der Waals surface area contributed by atoms with E-state index in [1.807, 2.05) is 0 Å². The summed E-state index contributed by atoms with van der Waals surface area (Å²) in [6.07, 6.45) is 0.740. The van der Waals surface area contributed by atoms with Gasteiger partial charge >= 0.3 is 0 Å². The van der Waals surface area contributed by atoms with Gasteiger partial charge < -0.3 is 15.8 Å². The highest BCUT2D eigenvalue weighted by atomic mass is 16.1. The number of aldehydes is 1. The molecule has 0 aliphatic carbocycles. The van der Waals surface area contributed by atoms with Gasteiger partial charge in [0.05, 0.1) is 11.6 Å². The monoisotopic (exact) mass is 233 g/mol. The topological polar surface area (TPSA) is 96.0 Å². The highest BCUT2D eigenvalue weighted by molar-refractivity contribution is 6.11. The molecule has 1 aromatic carbocycles. The lowest BCUT2D eigenvalue weighted by molar-refractivity contribution is -0.108. The molecule has 1 aromatic rings. The van der Waals surface area contributed by atoms with Crippen molar-refractivity contribution < 1.29 is 9.59 Å². The van der Waals surface area contributed by atoms with E-state index in [0.29, 0.717) is 16.8 Å². The predicted molar refractivity (Wildman–Crippen MR) is 66.6 cm³/mol. The minimum atomic E-state index is -0.407. The van der Waals surface area contributed by atoms with Crippen molar-refractivity contribution in [2.24, 2.45) is 5.73 Å². The zero-order valence-electron chi connectivity index (χ0n) is 9.78. The normalized spacial score (nSPS) is 11.6. The van der Waals surface area contributed by atoms with E-state index in [-0.39, 0.29) is 11.6 Å². The van der Waals surface area contributed by atoms with Gasteiger partial charge in [0.1, 0.15) is 12.1 Å². The lowest BCUT2D eigenvalue weighted by Gasteiger charge is -2.15. The van der Waals surface area contributed by atoms with E-state index in [1.165, 1.54) is 6.92 Å². The molecule has 4 N–H and O–H groups in total. The number of hydrogen-bond donors (Lipinski definition) is 3. The van der Waals surface area contributed by atoms with Crippen molar-refractivity contribution in [2.75, 3.05) is 5.32 Å². The third kappa shape index (κ3) is 2.90. The Morgan fingerprint density at radius 2 is 2.18 bits per heavy atom. The third-order valence-electron chi connectivity index (χ3n) is 2.29. The molecule has 0 aromatic heterocycles. The molecule has 0 saturated heterocycles. The fourth-order valence-electron chi connectivity index (χ4n) is 1.56. The number of carbonyl (C=O) groups excluding carboxylic acids is 2. The van der Waals surface area contributed by atoms with Crippen LogP contribution < -0.4 is 11.1 Å². The molecule has 0 aliphatic heterocycles. The summed E-state index contributed by atoms with van der Waals surface area (Å²) in [5.41, 5.74) is 6.65. The van der Waals surface area contributed by atoms with Gasteiger partial charge in [-0.05, 0) is 19.9 Å². The van der Waals surface area contributed by atoms with E-state index in [9.17, 15) is 9.59 Å². The van der Waals surface area contributed by atoms with E-state index >= 15 is 0 Å². The third-order valence-corrected chi connectivity index (χ3v) is 2.29. The van der Waals surface area contributed by atoms with Crippen LogP contribution in [0.3, 0.4) is 0 Å². The average Bonchev–Trinajstić information content (AvgIpc) is 2.28. The van der Waals surface area contributed by atoms with Gasteiger partial charge in [-0.3, -0.25) is 10.2 Å². The van der Waals surface area contributed by atoms with E-state index in [4.69, 9.17) is 11.1 Å². The maximum absolute atomic E-state index is 11.6. The highest BCUT2D eigenvalue weighted by Gasteiger charge is 2.15. The minimum absolute atomic E-state index is 0.169. The van der Waals surface area contributed by atoms with E-state index in [2.05, 4.69) is 5.32 Å². The Hall–Kier alpha value is -2.17. The van der Waals surface area contributed by atoms with Gasteiger partial charge in [0, 0.05) is 11.3 Å². The van der Waals surface area contributed by atoms with Crippen LogP contribution in [-0.2, 0) is 4.79 Å². The molecule has 0 fully saturated rings. The standard InChI is InChI=1S/C12H15N3O2/c1-7(6-16)15-10-5-3-4-9(12(13)14)11(10)8(2)17/h3-7,15H,1-2H3,(H3,13,14)/t7-/m0/s1. The van der Waals surface area contributed by atoms with Crippen molar-refractivity contribution in [3.05, 3.63) is 29.3 Å². The van der Waals surface area contributed by atoms with Crippen molar-refractivity contribution in [2.45, 2.75) is 19.9 Å². The molecular formula is C12H15N3O2. The number of anilines is 1. The number of ketones is 1. The maximum Gasteiger partial charge on any atom is 0.162 e. The Balaban J connectivity index is 3.29. The highest BCUT2D eigenvalue weighted by Crippen LogP contribution is 2.21. The Morgan fingerprint density at radius 3 is 2.65 bits per heavy atom. The van der Waals surface area contributed by atoms with Gasteiger partial charge in [0.25, 0.3) is 0 Å². The number of nitrogens with one attached hydrogen (secondary N) is 2. The molecule has 1 atom stereocenters. The molecular weight excluding hydrogens is 218 g/mol. The minimum Gasteiger partial charge on any atom is -0.384 e. The number of carbonyl (C=O) groups is 2. The average molecular weight is 233 g/mol. The number of nitrogen functional groups attached to an aromatic ring is 1. The molecule has 0 spiro atoms. The predicted octanol–water partition coefficient (Wildman–Crippen LogP) is 1.17. The van der Waals surface area contributed by atoms with E-state index in [1.54, 1.807) is 25.1 Å². The van der Waals surface area contributed by atoms with Crippen molar-refractivity contribution in [3.8, 4) is 0 Å². The lowest BCUT2D eigenvalue weighted by atomic mass is 10.0. The van der Waals surface area contributed by atoms with Crippen molar-refractivity contribution in [1.29, 1.82) is 5.41 Å². The summed E-state index contributed by atoms with van der Waals surface area (Å²) < 4.78 is 0. The number of rotatable bonds is 5. The van der Waals surface area contributed by atoms with Crippen LogP contribution in [0.2, 0.25) is 0 Å². The number of benzene rings is 1. The van der Waals surface area contributed by atoms with Gasteiger partial charge in [-0.2, -0.15) is 0 Å². The van der Waals surface area contributed by atoms with Crippen molar-refractivity contribution >= 4 is 23.6 Å². The number of Topliss-reactive ketones (excluding diaryl/α,β-unsaturated/α-hetero) is 1. The molecule has 0 amide bonds. The molecule has 90 valence electrons. The summed E-state index contributed by atoms with van der Waals surface area (Å²) in [6.45, 7) is 3.08. The van der Waals surface area contributed by atoms with Crippen LogP contribution in [0.15, 0.2) is 18.2 Å². The summed E-state index contributed by atoms with van der Waals surface area (Å²) in [7, 11) is 0. The molecule has 0 saturated carbocycles. The molecule has 0 bridgehead atoms. The molecule has 1 rings (SSSR count).